The van der Waals surface area contributed by atoms with E-state index < -0.39 is 40.1 Å². The molecule has 3 saturated carbocycles. The van der Waals surface area contributed by atoms with Crippen molar-refractivity contribution in [1.82, 2.24) is 15.1 Å². The molecule has 0 spiro atoms. The van der Waals surface area contributed by atoms with E-state index in [-0.39, 0.29) is 41.8 Å². The molecule has 53 heavy (non-hydrogen) atoms. The highest BCUT2D eigenvalue weighted by Crippen LogP contribution is 2.61. The molecule has 13 heteroatoms. The predicted molar refractivity (Wildman–Crippen MR) is 202 cm³/mol. The van der Waals surface area contributed by atoms with Crippen molar-refractivity contribution in [3.8, 4) is 16.9 Å². The van der Waals surface area contributed by atoms with Crippen molar-refractivity contribution in [3.05, 3.63) is 83.4 Å². The molecule has 2 amide bonds. The molecule has 0 aromatic heterocycles. The minimum absolute atomic E-state index is 0.000915. The molecule has 5 N–H and O–H groups in total. The number of benzene rings is 3. The number of methoxy groups -OCH3 is 1. The molecule has 1 aliphatic heterocycles. The Labute approximate surface area is 312 Å². The average molecular weight is 749 g/mol. The summed E-state index contributed by atoms with van der Waals surface area (Å²) in [4.78, 5) is 33.8. The Kier molecular flexibility index (Phi) is 11.2. The number of hydrogen-bond acceptors (Lipinski definition) is 10. The lowest BCUT2D eigenvalue weighted by Gasteiger charge is -2.62. The van der Waals surface area contributed by atoms with Crippen LogP contribution in [0.4, 0.5) is 5.69 Å². The maximum Gasteiger partial charge on any atom is 0.264 e. The van der Waals surface area contributed by atoms with Crippen LogP contribution in [0.3, 0.4) is 0 Å². The fraction of sp³-hybridized carbons (Fsp3) is 0.500. The first-order valence-electron chi connectivity index (χ1n) is 18.3. The average Bonchev–Trinajstić information content (AvgIpc) is 3.50. The second kappa shape index (κ2) is 15.4. The highest BCUT2D eigenvalue weighted by atomic mass is 32.2. The van der Waals surface area contributed by atoms with Crippen LogP contribution in [-0.2, 0) is 32.0 Å². The van der Waals surface area contributed by atoms with Gasteiger partial charge in [0.1, 0.15) is 17.9 Å². The normalized spacial score (nSPS) is 27.0. The number of hydrogen-bond donors (Lipinski definition) is 5. The molecule has 7 rings (SSSR count). The molecular formula is C40H52N4O8S. The molecule has 12 nitrogen and oxygen atoms in total. The number of rotatable bonds is 13. The number of carbonyl (C=O) groups excluding carboxylic acids is 2. The fourth-order valence-corrected chi connectivity index (χ4v) is 10.0. The highest BCUT2D eigenvalue weighted by Gasteiger charge is 2.57. The number of para-hydroxylation sites is 1. The van der Waals surface area contributed by atoms with E-state index in [1.165, 1.54) is 18.6 Å². The van der Waals surface area contributed by atoms with Gasteiger partial charge < -0.3 is 25.6 Å². The van der Waals surface area contributed by atoms with Crippen LogP contribution in [0.25, 0.3) is 11.1 Å². The minimum Gasteiger partial charge on any atom is -0.496 e. The van der Waals surface area contributed by atoms with Gasteiger partial charge >= 0.3 is 0 Å². The molecule has 1 heterocycles. The number of nitrogens with zero attached hydrogens (tertiary/aromatic N) is 1. The molecule has 2 bridgehead atoms. The van der Waals surface area contributed by atoms with Crippen LogP contribution < -0.4 is 20.1 Å². The smallest absolute Gasteiger partial charge is 0.264 e. The molecule has 3 aromatic rings. The summed E-state index contributed by atoms with van der Waals surface area (Å²) in [5.41, 5.74) is 3.36. The fourth-order valence-electron chi connectivity index (χ4n) is 8.92. The summed E-state index contributed by atoms with van der Waals surface area (Å²) in [6, 6.07) is 18.2. The summed E-state index contributed by atoms with van der Waals surface area (Å²) >= 11 is 0. The van der Waals surface area contributed by atoms with Crippen molar-refractivity contribution in [3.63, 3.8) is 0 Å². The maximum atomic E-state index is 14.2. The molecule has 3 aromatic carbocycles. The summed E-state index contributed by atoms with van der Waals surface area (Å²) in [7, 11) is -0.771. The number of anilines is 1. The van der Waals surface area contributed by atoms with E-state index in [2.05, 4.69) is 36.1 Å². The zero-order valence-electron chi connectivity index (χ0n) is 31.2. The largest absolute Gasteiger partial charge is 0.496 e. The van der Waals surface area contributed by atoms with Crippen LogP contribution in [0.15, 0.2) is 66.7 Å². The Balaban J connectivity index is 1.27. The molecule has 1 saturated heterocycles. The molecule has 8 atom stereocenters. The number of nitrogens with one attached hydrogen (secondary N) is 3. The number of aliphatic hydroxyl groups excluding tert-OH is 2. The van der Waals surface area contributed by atoms with E-state index >= 15 is 0 Å². The van der Waals surface area contributed by atoms with Crippen molar-refractivity contribution in [2.75, 3.05) is 26.1 Å². The van der Waals surface area contributed by atoms with Gasteiger partial charge in [0.15, 0.2) is 0 Å². The molecule has 3 aliphatic carbocycles. The van der Waals surface area contributed by atoms with Crippen molar-refractivity contribution in [2.24, 2.45) is 29.1 Å². The zero-order chi connectivity index (χ0) is 38.2. The van der Waals surface area contributed by atoms with Crippen LogP contribution in [0.2, 0.25) is 0 Å². The summed E-state index contributed by atoms with van der Waals surface area (Å²) in [5.74, 6) is -0.243. The third kappa shape index (κ3) is 7.81. The quantitative estimate of drug-likeness (QED) is 0.170. The summed E-state index contributed by atoms with van der Waals surface area (Å²) in [6.07, 6.45) is 0.326. The number of ether oxygens (including phenoxy) is 1. The third-order valence-corrected chi connectivity index (χ3v) is 13.1. The predicted octanol–water partition coefficient (Wildman–Crippen LogP) is 4.32. The minimum atomic E-state index is -3.99. The maximum absolute atomic E-state index is 14.2. The van der Waals surface area contributed by atoms with Gasteiger partial charge in [-0.05, 0) is 72.3 Å². The van der Waals surface area contributed by atoms with Gasteiger partial charge in [0.25, 0.3) is 5.91 Å². The Bertz CT molecular complexity index is 1920. The van der Waals surface area contributed by atoms with E-state index in [1.807, 2.05) is 24.3 Å². The Morgan fingerprint density at radius 1 is 1.08 bits per heavy atom. The summed E-state index contributed by atoms with van der Waals surface area (Å²) in [6.45, 7) is 8.14. The van der Waals surface area contributed by atoms with Crippen LogP contribution in [0.1, 0.15) is 62.0 Å². The molecular weight excluding hydrogens is 697 g/mol. The number of sulfonamides is 1. The second-order valence-electron chi connectivity index (χ2n) is 15.5. The highest BCUT2D eigenvalue weighted by molar-refractivity contribution is 7.89. The SMILES string of the molecule is CNc1cc(C(=O)NS(=O)(=O)Cc2ccccc2)cc(-c2cccc(CN3O[C@@H](CO)[C@@H]([C@H](C)O)[C@H]3C(=O)N[C@H]3C[C@@H]4C[C@H]([C@@H]3C)C4(C)C)c2OC)c1. The first kappa shape index (κ1) is 38.7. The monoisotopic (exact) mass is 748 g/mol. The van der Waals surface area contributed by atoms with Gasteiger partial charge in [-0.15, -0.1) is 0 Å². The lowest BCUT2D eigenvalue weighted by Crippen LogP contribution is -2.62. The van der Waals surface area contributed by atoms with Gasteiger partial charge in [-0.3, -0.25) is 14.4 Å². The van der Waals surface area contributed by atoms with Gasteiger partial charge in [-0.1, -0.05) is 69.3 Å². The van der Waals surface area contributed by atoms with Crippen LogP contribution in [0.5, 0.6) is 5.75 Å². The molecule has 4 aliphatic rings. The Hall–Kier alpha value is -4.01. The lowest BCUT2D eigenvalue weighted by molar-refractivity contribution is -0.183. The number of fused-ring (bicyclic) bond motifs is 2. The molecule has 4 fully saturated rings. The van der Waals surface area contributed by atoms with E-state index in [4.69, 9.17) is 9.57 Å². The number of aliphatic hydroxyl groups is 2. The standard InChI is InChI=1S/C40H52N4O8S/c1-23-32-18-29(40(32,3)4)19-33(23)42-39(48)36-35(24(2)46)34(21-45)52-44(36)20-26-13-10-14-31(37(26)51-6)27-15-28(17-30(16-27)41-5)38(47)43-53(49,50)22-25-11-8-7-9-12-25/h7-17,23-24,29,32-36,41,45-46H,18-22H2,1-6H3,(H,42,48)(H,43,47)/t23-,24-,29-,32+,33-,34-,35+,36-/m0/s1. The van der Waals surface area contributed by atoms with Crippen molar-refractivity contribution in [1.29, 1.82) is 0 Å². The topological polar surface area (TPSA) is 167 Å². The van der Waals surface area contributed by atoms with Gasteiger partial charge in [0.2, 0.25) is 15.9 Å². The van der Waals surface area contributed by atoms with Crippen molar-refractivity contribution >= 4 is 27.5 Å². The van der Waals surface area contributed by atoms with E-state index in [1.54, 1.807) is 56.4 Å². The van der Waals surface area contributed by atoms with Gasteiger partial charge in [0.05, 0.1) is 32.1 Å². The van der Waals surface area contributed by atoms with Gasteiger partial charge in [-0.25, -0.2) is 13.1 Å². The van der Waals surface area contributed by atoms with E-state index in [0.717, 1.165) is 6.42 Å². The zero-order valence-corrected chi connectivity index (χ0v) is 32.0. The first-order chi connectivity index (χ1) is 25.2. The van der Waals surface area contributed by atoms with Gasteiger partial charge in [0, 0.05) is 41.4 Å². The molecule has 0 unspecified atom stereocenters. The number of amides is 2. The summed E-state index contributed by atoms with van der Waals surface area (Å²) in [5, 5.41) is 29.1. The number of hydroxylamine groups is 2. The lowest BCUT2D eigenvalue weighted by atomic mass is 9.45. The van der Waals surface area contributed by atoms with Crippen LogP contribution in [0, 0.1) is 29.1 Å². The van der Waals surface area contributed by atoms with Crippen molar-refractivity contribution < 1.29 is 37.8 Å². The summed E-state index contributed by atoms with van der Waals surface area (Å²) < 4.78 is 34.0. The van der Waals surface area contributed by atoms with Crippen LogP contribution in [-0.4, -0.2) is 80.6 Å². The molecule has 0 radical (unpaired) electrons. The van der Waals surface area contributed by atoms with E-state index in [0.29, 0.717) is 51.4 Å². The van der Waals surface area contributed by atoms with Gasteiger partial charge in [-0.2, -0.15) is 5.06 Å². The Morgan fingerprint density at radius 3 is 2.43 bits per heavy atom. The second-order valence-corrected chi connectivity index (χ2v) is 17.2. The van der Waals surface area contributed by atoms with Crippen LogP contribution >= 0.6 is 0 Å². The van der Waals surface area contributed by atoms with E-state index in [9.17, 15) is 28.2 Å². The first-order valence-corrected chi connectivity index (χ1v) is 19.9. The van der Waals surface area contributed by atoms with Crippen molar-refractivity contribution in [2.45, 2.75) is 77.1 Å². The molecule has 286 valence electrons. The number of carbonyl (C=O) groups is 2. The third-order valence-electron chi connectivity index (χ3n) is 11.9. The Morgan fingerprint density at radius 2 is 1.81 bits per heavy atom.